The van der Waals surface area contributed by atoms with Crippen LogP contribution in [0.25, 0.3) is 17.0 Å². The maximum atomic E-state index is 13.4. The van der Waals surface area contributed by atoms with Gasteiger partial charge in [0.25, 0.3) is 5.91 Å². The summed E-state index contributed by atoms with van der Waals surface area (Å²) < 4.78 is 7.26. The van der Waals surface area contributed by atoms with E-state index >= 15 is 0 Å². The lowest BCUT2D eigenvalue weighted by Crippen LogP contribution is -2.30. The fraction of sp³-hybridized carbons (Fsp3) is 0.179. The Hall–Kier alpha value is -4.17. The molecule has 1 saturated heterocycles. The first-order chi connectivity index (χ1) is 17.5. The summed E-state index contributed by atoms with van der Waals surface area (Å²) >= 11 is 5.60. The van der Waals surface area contributed by atoms with E-state index in [4.69, 9.17) is 16.6 Å². The fourth-order valence-corrected chi connectivity index (χ4v) is 4.80. The van der Waals surface area contributed by atoms with Gasteiger partial charge in [-0.3, -0.25) is 14.5 Å². The van der Waals surface area contributed by atoms with Gasteiger partial charge in [0, 0.05) is 24.2 Å². The summed E-state index contributed by atoms with van der Waals surface area (Å²) in [7, 11) is 1.80. The lowest BCUT2D eigenvalue weighted by atomic mass is 10.1. The normalized spacial score (nSPS) is 14.9. The van der Waals surface area contributed by atoms with E-state index in [0.717, 1.165) is 34.1 Å². The van der Waals surface area contributed by atoms with Gasteiger partial charge < -0.3 is 19.2 Å². The molecule has 0 unspecified atom stereocenters. The van der Waals surface area contributed by atoms with E-state index in [1.807, 2.05) is 65.4 Å². The predicted molar refractivity (Wildman–Crippen MR) is 144 cm³/mol. The van der Waals surface area contributed by atoms with Crippen molar-refractivity contribution >= 4 is 51.8 Å². The minimum atomic E-state index is -0.183. The quantitative estimate of drug-likeness (QED) is 0.295. The molecule has 182 valence electrons. The number of rotatable bonds is 7. The molecule has 0 bridgehead atoms. The van der Waals surface area contributed by atoms with Crippen molar-refractivity contribution in [1.29, 1.82) is 0 Å². The van der Waals surface area contributed by atoms with Gasteiger partial charge in [-0.25, -0.2) is 0 Å². The maximum absolute atomic E-state index is 13.4. The van der Waals surface area contributed by atoms with Crippen LogP contribution in [0.3, 0.4) is 0 Å². The van der Waals surface area contributed by atoms with E-state index in [1.54, 1.807) is 29.2 Å². The molecule has 0 saturated carbocycles. The number of likely N-dealkylation sites (N-methyl/N-ethyl adjacent to an activating group) is 1. The third-order valence-electron chi connectivity index (χ3n) is 6.32. The van der Waals surface area contributed by atoms with Crippen molar-refractivity contribution in [1.82, 2.24) is 14.8 Å². The maximum Gasteiger partial charge on any atom is 0.281 e. The second-order valence-corrected chi connectivity index (χ2v) is 8.95. The number of carbonyl (C=O) groups is 2. The number of carbonyl (C=O) groups excluding carboxylic acids is 2. The Bertz CT molecular complexity index is 1470. The molecule has 3 heterocycles. The molecule has 0 aliphatic carbocycles. The lowest BCUT2D eigenvalue weighted by Gasteiger charge is -2.16. The van der Waals surface area contributed by atoms with Gasteiger partial charge in [-0.05, 0) is 54.5 Å². The van der Waals surface area contributed by atoms with E-state index in [1.165, 1.54) is 0 Å². The molecule has 8 heteroatoms. The summed E-state index contributed by atoms with van der Waals surface area (Å²) in [5.74, 6) is 0.387. The Morgan fingerprint density at radius 3 is 2.61 bits per heavy atom. The molecule has 0 atom stereocenters. The fourth-order valence-electron chi connectivity index (χ4n) is 4.51. The number of benzene rings is 2. The molecule has 7 nitrogen and oxygen atoms in total. The molecule has 1 aliphatic heterocycles. The van der Waals surface area contributed by atoms with Gasteiger partial charge in [0.05, 0.1) is 24.0 Å². The van der Waals surface area contributed by atoms with Crippen molar-refractivity contribution in [2.45, 2.75) is 26.4 Å². The molecule has 0 spiro atoms. The molecule has 2 amide bonds. The van der Waals surface area contributed by atoms with E-state index in [0.29, 0.717) is 23.1 Å². The molecular weight excluding hydrogens is 472 g/mol. The first-order valence-corrected chi connectivity index (χ1v) is 12.2. The second-order valence-electron chi connectivity index (χ2n) is 8.58. The number of anilines is 1. The van der Waals surface area contributed by atoms with Crippen LogP contribution >= 0.6 is 12.2 Å². The largest absolute Gasteiger partial charge is 0.467 e. The number of thiocarbonyl (C=S) groups is 1. The summed E-state index contributed by atoms with van der Waals surface area (Å²) in [6.07, 6.45) is 6.19. The molecule has 36 heavy (non-hydrogen) atoms. The number of amides is 2. The number of nitrogens with one attached hydrogen (secondary N) is 1. The number of para-hydroxylation sites is 2. The smallest absolute Gasteiger partial charge is 0.281 e. The van der Waals surface area contributed by atoms with Crippen molar-refractivity contribution in [2.24, 2.45) is 0 Å². The Morgan fingerprint density at radius 2 is 1.89 bits per heavy atom. The van der Waals surface area contributed by atoms with Crippen LogP contribution in [-0.4, -0.2) is 33.4 Å². The molecule has 0 radical (unpaired) electrons. The van der Waals surface area contributed by atoms with E-state index < -0.39 is 0 Å². The summed E-state index contributed by atoms with van der Waals surface area (Å²) in [5.41, 5.74) is 4.17. The number of furan rings is 1. The zero-order valence-electron chi connectivity index (χ0n) is 20.1. The molecule has 1 fully saturated rings. The SMILES string of the molecule is CCc1cccc2c(/C=C3/C(=O)N(c4ccccc4)C(=S)N3C)cn(CC(=O)NCc3ccco3)c12. The molecule has 5 rings (SSSR count). The first-order valence-electron chi connectivity index (χ1n) is 11.8. The number of nitrogens with zero attached hydrogens (tertiary/aromatic N) is 3. The van der Waals surface area contributed by atoms with E-state index in [-0.39, 0.29) is 18.4 Å². The minimum absolute atomic E-state index is 0.126. The van der Waals surface area contributed by atoms with Crippen LogP contribution in [0, 0.1) is 0 Å². The van der Waals surface area contributed by atoms with Gasteiger partial charge >= 0.3 is 0 Å². The molecule has 2 aromatic carbocycles. The number of hydrogen-bond acceptors (Lipinski definition) is 4. The summed E-state index contributed by atoms with van der Waals surface area (Å²) in [4.78, 5) is 29.5. The molecule has 1 N–H and O–H groups in total. The minimum Gasteiger partial charge on any atom is -0.467 e. The summed E-state index contributed by atoms with van der Waals surface area (Å²) in [5, 5.41) is 4.31. The van der Waals surface area contributed by atoms with Crippen molar-refractivity contribution in [2.75, 3.05) is 11.9 Å². The third-order valence-corrected chi connectivity index (χ3v) is 6.77. The van der Waals surface area contributed by atoms with Crippen LogP contribution in [0.1, 0.15) is 23.8 Å². The standard InChI is InChI=1S/C28H26N4O3S/c1-3-19-9-7-13-23-20(17-31(26(19)23)18-25(33)29-16-22-12-8-14-35-22)15-24-27(34)32(28(36)30(24)2)21-10-5-4-6-11-21/h4-15,17H,3,16,18H2,1-2H3,(H,29,33)/b24-15-. The van der Waals surface area contributed by atoms with Crippen LogP contribution in [0.15, 0.2) is 83.2 Å². The Morgan fingerprint density at radius 1 is 1.08 bits per heavy atom. The lowest BCUT2D eigenvalue weighted by molar-refractivity contribution is -0.121. The number of fused-ring (bicyclic) bond motifs is 1. The highest BCUT2D eigenvalue weighted by Crippen LogP contribution is 2.31. The van der Waals surface area contributed by atoms with Gasteiger partial charge in [0.2, 0.25) is 5.91 Å². The van der Waals surface area contributed by atoms with Gasteiger partial charge in [-0.2, -0.15) is 0 Å². The average molecular weight is 499 g/mol. The molecular formula is C28H26N4O3S. The zero-order valence-corrected chi connectivity index (χ0v) is 20.9. The topological polar surface area (TPSA) is 70.7 Å². The zero-order chi connectivity index (χ0) is 25.2. The third kappa shape index (κ3) is 4.31. The highest BCUT2D eigenvalue weighted by molar-refractivity contribution is 7.80. The van der Waals surface area contributed by atoms with Gasteiger partial charge in [-0.15, -0.1) is 0 Å². The van der Waals surface area contributed by atoms with Gasteiger partial charge in [-0.1, -0.05) is 43.3 Å². The summed E-state index contributed by atoms with van der Waals surface area (Å²) in [6.45, 7) is 2.57. The van der Waals surface area contributed by atoms with E-state index in [2.05, 4.69) is 18.3 Å². The van der Waals surface area contributed by atoms with Crippen molar-refractivity contribution in [3.8, 4) is 0 Å². The molecule has 1 aliphatic rings. The predicted octanol–water partition coefficient (Wildman–Crippen LogP) is 4.72. The molecule has 4 aromatic rings. The second kappa shape index (κ2) is 9.83. The first kappa shape index (κ1) is 23.6. The Labute approximate surface area is 214 Å². The van der Waals surface area contributed by atoms with Crippen LogP contribution in [0.2, 0.25) is 0 Å². The van der Waals surface area contributed by atoms with Crippen molar-refractivity contribution in [3.63, 3.8) is 0 Å². The number of hydrogen-bond donors (Lipinski definition) is 1. The van der Waals surface area contributed by atoms with Gasteiger partial charge in [0.1, 0.15) is 18.0 Å². The van der Waals surface area contributed by atoms with Crippen LogP contribution in [0.5, 0.6) is 0 Å². The van der Waals surface area contributed by atoms with Crippen LogP contribution in [-0.2, 0) is 29.1 Å². The van der Waals surface area contributed by atoms with Gasteiger partial charge in [0.15, 0.2) is 5.11 Å². The monoisotopic (exact) mass is 498 g/mol. The molecule has 2 aromatic heterocycles. The van der Waals surface area contributed by atoms with Crippen LogP contribution < -0.4 is 10.2 Å². The van der Waals surface area contributed by atoms with Crippen molar-refractivity contribution in [3.05, 3.63) is 95.7 Å². The average Bonchev–Trinajstić information content (AvgIpc) is 3.59. The highest BCUT2D eigenvalue weighted by atomic mass is 32.1. The van der Waals surface area contributed by atoms with Crippen molar-refractivity contribution < 1.29 is 14.0 Å². The van der Waals surface area contributed by atoms with E-state index in [9.17, 15) is 9.59 Å². The highest BCUT2D eigenvalue weighted by Gasteiger charge is 2.36. The number of aromatic nitrogens is 1. The number of aryl methyl sites for hydroxylation is 1. The summed E-state index contributed by atoms with van der Waals surface area (Å²) in [6, 6.07) is 19.1. The Balaban J connectivity index is 1.50. The van der Waals surface area contributed by atoms with Crippen LogP contribution in [0.4, 0.5) is 5.69 Å². The Kier molecular flexibility index (Phi) is 6.43.